The first-order chi connectivity index (χ1) is 42.0. The lowest BCUT2D eigenvalue weighted by Gasteiger charge is -2.17. The van der Waals surface area contributed by atoms with Crippen molar-refractivity contribution in [2.75, 3.05) is 23.1 Å². The summed E-state index contributed by atoms with van der Waals surface area (Å²) in [6, 6.07) is 52.9. The Morgan fingerprint density at radius 3 is 1.15 bits per heavy atom. The quantitative estimate of drug-likeness (QED) is 0.0598. The van der Waals surface area contributed by atoms with E-state index >= 15 is 0 Å². The van der Waals surface area contributed by atoms with Gasteiger partial charge in [-0.05, 0) is 152 Å². The predicted molar refractivity (Wildman–Crippen MR) is 351 cm³/mol. The van der Waals surface area contributed by atoms with Gasteiger partial charge in [0, 0.05) is 37.2 Å². The molecule has 9 aromatic carbocycles. The number of carbonyl (C=O) groups excluding carboxylic acids is 3. The maximum atomic E-state index is 13.5. The minimum absolute atomic E-state index is 0. The summed E-state index contributed by atoms with van der Waals surface area (Å²) in [5.74, 6) is -5.25. The normalized spacial score (nSPS) is 11.4. The summed E-state index contributed by atoms with van der Waals surface area (Å²) in [6.07, 6.45) is 0. The fourth-order valence-corrected chi connectivity index (χ4v) is 10.3. The van der Waals surface area contributed by atoms with Crippen molar-refractivity contribution in [3.8, 4) is 41.2 Å². The molecule has 0 spiro atoms. The molecule has 0 aliphatic carbocycles. The number of methoxy groups -OCH3 is 1. The number of carbonyl (C=O) groups is 3. The molecular formula is C71H61Cl4FN6O7. The molecule has 9 aromatic rings. The number of hydrogen-bond donors (Lipinski definition) is 6. The smallest absolute Gasteiger partial charge is 0.259 e. The number of amides is 3. The molecule has 0 saturated carbocycles. The number of phenols is 3. The van der Waals surface area contributed by atoms with Crippen LogP contribution in [0.2, 0.25) is 20.1 Å². The Bertz CT molecular complexity index is 4060. The van der Waals surface area contributed by atoms with Gasteiger partial charge in [0.1, 0.15) is 5.75 Å². The Balaban J connectivity index is 0.000000212. The number of benzene rings is 9. The second-order valence-corrected chi connectivity index (χ2v) is 22.2. The molecule has 0 aromatic heterocycles. The van der Waals surface area contributed by atoms with Gasteiger partial charge in [-0.25, -0.2) is 4.39 Å². The van der Waals surface area contributed by atoms with Crippen LogP contribution in [-0.2, 0) is 0 Å². The maximum Gasteiger partial charge on any atom is 0.259 e. The highest BCUT2D eigenvalue weighted by molar-refractivity contribution is 6.33. The lowest BCUT2D eigenvalue weighted by Crippen LogP contribution is -2.14. The van der Waals surface area contributed by atoms with Gasteiger partial charge in [0.2, 0.25) is 0 Å². The van der Waals surface area contributed by atoms with Gasteiger partial charge in [0.25, 0.3) is 17.7 Å². The first-order valence-electron chi connectivity index (χ1n) is 27.0. The number of aryl methyl sites for hydroxylation is 6. The van der Waals surface area contributed by atoms with E-state index in [1.54, 1.807) is 62.4 Å². The number of phenolic OH excluding ortho intramolecular Hbond substituents is 3. The molecule has 9 rings (SSSR count). The van der Waals surface area contributed by atoms with Crippen LogP contribution >= 0.6 is 46.4 Å². The molecule has 13 nitrogen and oxygen atoms in total. The summed E-state index contributed by atoms with van der Waals surface area (Å²) in [7, 11) is 1.49. The largest absolute Gasteiger partial charge is 0.504 e. The lowest BCUT2D eigenvalue weighted by molar-refractivity contribution is 0.101. The zero-order chi connectivity index (χ0) is 64.1. The van der Waals surface area contributed by atoms with Gasteiger partial charge in [0.05, 0.1) is 59.8 Å². The van der Waals surface area contributed by atoms with Gasteiger partial charge in [-0.3, -0.25) is 14.4 Å². The molecule has 0 aliphatic heterocycles. The Morgan fingerprint density at radius 2 is 0.798 bits per heavy atom. The summed E-state index contributed by atoms with van der Waals surface area (Å²) < 4.78 is 18.8. The molecule has 0 bridgehead atoms. The van der Waals surface area contributed by atoms with Crippen molar-refractivity contribution in [3.63, 3.8) is 0 Å². The third-order valence-corrected chi connectivity index (χ3v) is 15.4. The van der Waals surface area contributed by atoms with Gasteiger partial charge in [0.15, 0.2) is 23.1 Å². The molecule has 3 amide bonds. The number of para-hydroxylation sites is 2. The third-order valence-electron chi connectivity index (χ3n) is 14.2. The Hall–Kier alpha value is -9.85. The van der Waals surface area contributed by atoms with Crippen LogP contribution in [0, 0.1) is 81.4 Å². The van der Waals surface area contributed by atoms with Crippen LogP contribution in [0.1, 0.15) is 123 Å². The summed E-state index contributed by atoms with van der Waals surface area (Å²) in [6.45, 7) is 11.4. The van der Waals surface area contributed by atoms with E-state index in [4.69, 9.17) is 51.1 Å². The Morgan fingerprint density at radius 1 is 0.461 bits per heavy atom. The number of anilines is 3. The molecule has 452 valence electrons. The van der Waals surface area contributed by atoms with Crippen LogP contribution in [0.25, 0.3) is 0 Å². The van der Waals surface area contributed by atoms with Crippen LogP contribution in [0.5, 0.6) is 23.0 Å². The van der Waals surface area contributed by atoms with Crippen molar-refractivity contribution >= 4 is 81.2 Å². The zero-order valence-electron chi connectivity index (χ0n) is 48.5. The molecule has 0 saturated heterocycles. The van der Waals surface area contributed by atoms with Crippen LogP contribution in [0.4, 0.5) is 21.5 Å². The second kappa shape index (κ2) is 30.7. The minimum Gasteiger partial charge on any atom is -0.504 e. The first-order valence-corrected chi connectivity index (χ1v) is 28.5. The Kier molecular flexibility index (Phi) is 23.5. The SMILES string of the molecule is C.COc1ccc(Cl)cc1C(=O)Nc1cc(Cl)c(C(C#N)c2ccc(C)cc2)cc1C.Cc1ccc(C(C#N)c2cc(C)c(NC(=O)c3cccc(F)c3O)cc2Cl)cc1.Cc1ccc(C(C#N)c2cc(C)c(NC(=O)c3cccc(O)c3O)cc2Cl)cc1. The van der Waals surface area contributed by atoms with Crippen molar-refractivity contribution in [2.45, 2.75) is 66.7 Å². The minimum atomic E-state index is -0.877. The molecule has 0 heterocycles. The van der Waals surface area contributed by atoms with Crippen molar-refractivity contribution < 1.29 is 38.8 Å². The van der Waals surface area contributed by atoms with E-state index in [9.17, 15) is 49.9 Å². The zero-order valence-corrected chi connectivity index (χ0v) is 51.6. The fourth-order valence-electron chi connectivity index (χ4n) is 9.27. The van der Waals surface area contributed by atoms with Crippen LogP contribution in [-0.4, -0.2) is 40.2 Å². The predicted octanol–water partition coefficient (Wildman–Crippen LogP) is 18.1. The van der Waals surface area contributed by atoms with E-state index < -0.39 is 46.9 Å². The van der Waals surface area contributed by atoms with E-state index in [1.807, 2.05) is 107 Å². The average molecular weight is 1270 g/mol. The third kappa shape index (κ3) is 16.6. The van der Waals surface area contributed by atoms with Crippen LogP contribution in [0.3, 0.4) is 0 Å². The van der Waals surface area contributed by atoms with E-state index in [1.165, 1.54) is 37.4 Å². The molecule has 0 fully saturated rings. The number of hydrogen-bond acceptors (Lipinski definition) is 10. The van der Waals surface area contributed by atoms with E-state index in [2.05, 4.69) is 34.2 Å². The highest BCUT2D eigenvalue weighted by Gasteiger charge is 2.24. The van der Waals surface area contributed by atoms with Gasteiger partial charge in [-0.2, -0.15) is 15.8 Å². The molecule has 89 heavy (non-hydrogen) atoms. The molecule has 3 atom stereocenters. The summed E-state index contributed by atoms with van der Waals surface area (Å²) >= 11 is 25.4. The molecular weight excluding hydrogens is 1210 g/mol. The van der Waals surface area contributed by atoms with Gasteiger partial charge < -0.3 is 36.0 Å². The van der Waals surface area contributed by atoms with Crippen molar-refractivity contribution in [3.05, 3.63) is 273 Å². The van der Waals surface area contributed by atoms with Gasteiger partial charge >= 0.3 is 0 Å². The maximum absolute atomic E-state index is 13.5. The topological polar surface area (TPSA) is 229 Å². The number of nitriles is 3. The van der Waals surface area contributed by atoms with Crippen molar-refractivity contribution in [1.29, 1.82) is 15.8 Å². The number of nitrogens with zero attached hydrogens (tertiary/aromatic N) is 3. The monoisotopic (exact) mass is 1270 g/mol. The van der Waals surface area contributed by atoms with Crippen LogP contribution in [0.15, 0.2) is 164 Å². The van der Waals surface area contributed by atoms with E-state index in [-0.39, 0.29) is 30.2 Å². The van der Waals surface area contributed by atoms with Gasteiger partial charge in [-0.1, -0.05) is 174 Å². The summed E-state index contributed by atoms with van der Waals surface area (Å²) in [5.41, 5.74) is 11.5. The highest BCUT2D eigenvalue weighted by atomic mass is 35.5. The van der Waals surface area contributed by atoms with Crippen molar-refractivity contribution in [1.82, 2.24) is 0 Å². The van der Waals surface area contributed by atoms with E-state index in [0.29, 0.717) is 76.3 Å². The van der Waals surface area contributed by atoms with Crippen molar-refractivity contribution in [2.24, 2.45) is 0 Å². The molecule has 6 N–H and O–H groups in total. The number of rotatable bonds is 13. The van der Waals surface area contributed by atoms with Crippen LogP contribution < -0.4 is 20.7 Å². The average Bonchev–Trinajstić information content (AvgIpc) is 2.00. The molecule has 18 heteroatoms. The molecule has 3 unspecified atom stereocenters. The Labute approximate surface area is 536 Å². The summed E-state index contributed by atoms with van der Waals surface area (Å²) in [4.78, 5) is 37.7. The number of nitrogens with one attached hydrogen (secondary N) is 3. The second-order valence-electron chi connectivity index (χ2n) is 20.5. The first kappa shape index (κ1) is 68.3. The highest BCUT2D eigenvalue weighted by Crippen LogP contribution is 2.39. The molecule has 0 aliphatic rings. The van der Waals surface area contributed by atoms with Gasteiger partial charge in [-0.15, -0.1) is 0 Å². The number of halogens is 5. The lowest BCUT2D eigenvalue weighted by atomic mass is 9.90. The standard InChI is InChI=1S/C24H20Cl2N2O2.C23H18ClFN2O2.C23H19ClN2O3.CH4/c1-14-4-6-16(7-5-14)20(13-27)18-10-15(2)22(12-21(18)26)28-24(29)19-11-17(25)8-9-23(19)30-3;1-13-6-8-15(9-7-13)18(12-26)17-10-14(2)21(11-19(17)24)27-23(29)16-4-3-5-20(25)22(16)28;1-13-6-8-15(9-7-13)18(12-25)17-10-14(2)20(11-19(17)24)26-23(29)16-4-3-5-21(27)22(16)28;/h4-12,20H,1-3H3,(H,28,29);3-11,18,28H,1-2H3,(H,27,29);3-11,18,27-28H,1-2H3,(H,26,29);1H4. The number of aromatic hydroxyl groups is 3. The number of ether oxygens (including phenoxy) is 1. The summed E-state index contributed by atoms with van der Waals surface area (Å²) in [5, 5.41) is 68.1. The fraction of sp³-hybridized carbons (Fsp3) is 0.155. The van der Waals surface area contributed by atoms with E-state index in [0.717, 1.165) is 45.0 Å². The molecule has 0 radical (unpaired) electrons.